The fourth-order valence-electron chi connectivity index (χ4n) is 5.19. The topological polar surface area (TPSA) is 207 Å². The van der Waals surface area contributed by atoms with Gasteiger partial charge in [-0.3, -0.25) is 4.79 Å². The lowest BCUT2D eigenvalue weighted by Crippen LogP contribution is -2.67. The molecule has 2 fully saturated rings. The Hall–Kier alpha value is -2.49. The standard InChI is InChI=1S/C28H36O12/c1-2-17(31)15-5-3-4-14(10-15)13-6-8-16(9-7-13)38-28-24(35)20(21(32)18(11-29)40-28)23(34)27-26(37)25(36)22(33)19(12-30)39-27/h3-10,18-30,32-37H,2,11-12H2,1H3/t18-,19-,20-,21-,22-,23?,24+,25+,26+,27-,28+/m1/s1. The van der Waals surface area contributed by atoms with Gasteiger partial charge in [0, 0.05) is 17.9 Å². The van der Waals surface area contributed by atoms with E-state index in [-0.39, 0.29) is 11.5 Å². The molecule has 0 saturated carbocycles. The molecule has 2 aliphatic rings. The molecular formula is C28H36O12. The largest absolute Gasteiger partial charge is 0.462 e. The first-order valence-corrected chi connectivity index (χ1v) is 13.1. The van der Waals surface area contributed by atoms with Gasteiger partial charge in [-0.2, -0.15) is 0 Å². The van der Waals surface area contributed by atoms with Gasteiger partial charge in [-0.05, 0) is 29.3 Å². The second-order valence-electron chi connectivity index (χ2n) is 10.1. The van der Waals surface area contributed by atoms with Gasteiger partial charge in [0.1, 0.15) is 48.5 Å². The quantitative estimate of drug-likeness (QED) is 0.165. The highest BCUT2D eigenvalue weighted by Crippen LogP contribution is 2.35. The van der Waals surface area contributed by atoms with Crippen molar-refractivity contribution in [2.75, 3.05) is 13.2 Å². The van der Waals surface area contributed by atoms with Crippen molar-refractivity contribution in [1.29, 1.82) is 0 Å². The molecule has 220 valence electrons. The highest BCUT2D eigenvalue weighted by atomic mass is 16.7. The minimum atomic E-state index is -1.83. The molecule has 0 amide bonds. The number of aliphatic hydroxyl groups excluding tert-OH is 8. The van der Waals surface area contributed by atoms with E-state index in [0.717, 1.165) is 11.1 Å². The van der Waals surface area contributed by atoms with E-state index in [9.17, 15) is 45.6 Å². The summed E-state index contributed by atoms with van der Waals surface area (Å²) < 4.78 is 16.8. The monoisotopic (exact) mass is 564 g/mol. The number of benzene rings is 2. The van der Waals surface area contributed by atoms with Crippen LogP contribution in [-0.4, -0.2) is 121 Å². The molecule has 2 aliphatic heterocycles. The molecule has 0 bridgehead atoms. The van der Waals surface area contributed by atoms with Gasteiger partial charge in [-0.15, -0.1) is 0 Å². The molecule has 0 radical (unpaired) electrons. The van der Waals surface area contributed by atoms with Crippen molar-refractivity contribution in [3.8, 4) is 16.9 Å². The van der Waals surface area contributed by atoms with Gasteiger partial charge in [0.2, 0.25) is 6.29 Å². The summed E-state index contributed by atoms with van der Waals surface area (Å²) in [7, 11) is 0. The van der Waals surface area contributed by atoms with Crippen LogP contribution >= 0.6 is 0 Å². The smallest absolute Gasteiger partial charge is 0.227 e. The summed E-state index contributed by atoms with van der Waals surface area (Å²) in [5.41, 5.74) is 2.20. The van der Waals surface area contributed by atoms with E-state index < -0.39 is 80.4 Å². The molecule has 8 N–H and O–H groups in total. The lowest BCUT2D eigenvalue weighted by molar-refractivity contribution is -0.301. The van der Waals surface area contributed by atoms with Crippen molar-refractivity contribution < 1.29 is 59.9 Å². The van der Waals surface area contributed by atoms with Crippen molar-refractivity contribution in [1.82, 2.24) is 0 Å². The van der Waals surface area contributed by atoms with E-state index in [0.29, 0.717) is 12.0 Å². The normalized spacial score (nSPS) is 35.2. The van der Waals surface area contributed by atoms with Crippen molar-refractivity contribution in [2.45, 2.75) is 74.6 Å². The molecule has 12 heteroatoms. The fourth-order valence-corrected chi connectivity index (χ4v) is 5.19. The molecule has 40 heavy (non-hydrogen) atoms. The highest BCUT2D eigenvalue weighted by Gasteiger charge is 2.54. The van der Waals surface area contributed by atoms with Crippen LogP contribution in [0.1, 0.15) is 23.7 Å². The number of ketones is 1. The second kappa shape index (κ2) is 13.0. The third-order valence-electron chi connectivity index (χ3n) is 7.54. The Bertz CT molecular complexity index is 1120. The van der Waals surface area contributed by atoms with E-state index in [1.807, 2.05) is 6.07 Å². The van der Waals surface area contributed by atoms with Crippen LogP contribution in [-0.2, 0) is 9.47 Å². The minimum absolute atomic E-state index is 0.0197. The van der Waals surface area contributed by atoms with Crippen LogP contribution in [0.3, 0.4) is 0 Å². The molecular weight excluding hydrogens is 528 g/mol. The number of carbonyl (C=O) groups excluding carboxylic acids is 1. The SMILES string of the molecule is CCC(=O)c1cccc(-c2ccc(O[C@H]3O[C@H](CO)[C@@H](O)[C@H](C(O)[C@H]4O[C@H](CO)[C@@H](O)[C@H](O)[C@@H]4O)[C@@H]3O)cc2)c1. The average Bonchev–Trinajstić information content (AvgIpc) is 2.97. The Morgan fingerprint density at radius 3 is 2.10 bits per heavy atom. The van der Waals surface area contributed by atoms with Gasteiger partial charge in [-0.25, -0.2) is 0 Å². The molecule has 0 aromatic heterocycles. The molecule has 0 aliphatic carbocycles. The van der Waals surface area contributed by atoms with Crippen LogP contribution in [0, 0.1) is 5.92 Å². The third-order valence-corrected chi connectivity index (χ3v) is 7.54. The van der Waals surface area contributed by atoms with E-state index in [1.54, 1.807) is 49.4 Å². The van der Waals surface area contributed by atoms with Gasteiger partial charge >= 0.3 is 0 Å². The maximum atomic E-state index is 12.1. The number of rotatable bonds is 9. The van der Waals surface area contributed by atoms with Crippen LogP contribution in [0.15, 0.2) is 48.5 Å². The third kappa shape index (κ3) is 6.06. The van der Waals surface area contributed by atoms with Gasteiger partial charge < -0.3 is 55.1 Å². The first-order chi connectivity index (χ1) is 19.1. The molecule has 2 heterocycles. The van der Waals surface area contributed by atoms with E-state index in [1.165, 1.54) is 0 Å². The van der Waals surface area contributed by atoms with Crippen molar-refractivity contribution in [3.05, 3.63) is 54.1 Å². The Labute approximate surface area is 230 Å². The number of hydrogen-bond acceptors (Lipinski definition) is 12. The van der Waals surface area contributed by atoms with Crippen LogP contribution < -0.4 is 4.74 Å². The first-order valence-electron chi connectivity index (χ1n) is 13.1. The maximum Gasteiger partial charge on any atom is 0.227 e. The predicted octanol–water partition coefficient (Wildman–Crippen LogP) is -1.42. The molecule has 4 rings (SSSR count). The van der Waals surface area contributed by atoms with E-state index >= 15 is 0 Å². The summed E-state index contributed by atoms with van der Waals surface area (Å²) in [5, 5.41) is 82.7. The summed E-state index contributed by atoms with van der Waals surface area (Å²) >= 11 is 0. The Morgan fingerprint density at radius 1 is 0.825 bits per heavy atom. The zero-order valence-corrected chi connectivity index (χ0v) is 21.8. The molecule has 0 spiro atoms. The Kier molecular flexibility index (Phi) is 9.90. The maximum absolute atomic E-state index is 12.1. The van der Waals surface area contributed by atoms with Gasteiger partial charge in [0.05, 0.1) is 25.4 Å². The average molecular weight is 565 g/mol. The molecule has 2 aromatic rings. The number of carbonyl (C=O) groups is 1. The summed E-state index contributed by atoms with van der Waals surface area (Å²) in [6.45, 7) is 0.362. The van der Waals surface area contributed by atoms with Crippen LogP contribution in [0.5, 0.6) is 5.75 Å². The number of hydrogen-bond donors (Lipinski definition) is 8. The summed E-state index contributed by atoms with van der Waals surface area (Å²) in [4.78, 5) is 12.1. The zero-order chi connectivity index (χ0) is 29.1. The van der Waals surface area contributed by atoms with Gasteiger partial charge in [0.15, 0.2) is 5.78 Å². The molecule has 11 atom stereocenters. The number of aliphatic hydroxyl groups is 8. The molecule has 2 saturated heterocycles. The molecule has 12 nitrogen and oxygen atoms in total. The van der Waals surface area contributed by atoms with Crippen LogP contribution in [0.25, 0.3) is 11.1 Å². The Balaban J connectivity index is 1.52. The molecule has 2 aromatic carbocycles. The lowest BCUT2D eigenvalue weighted by Gasteiger charge is -2.48. The van der Waals surface area contributed by atoms with Crippen molar-refractivity contribution in [3.63, 3.8) is 0 Å². The van der Waals surface area contributed by atoms with E-state index in [4.69, 9.17) is 14.2 Å². The lowest BCUT2D eigenvalue weighted by atomic mass is 9.79. The Morgan fingerprint density at radius 2 is 1.48 bits per heavy atom. The second-order valence-corrected chi connectivity index (χ2v) is 10.1. The first kappa shape index (κ1) is 30.5. The van der Waals surface area contributed by atoms with Crippen molar-refractivity contribution in [2.24, 2.45) is 5.92 Å². The summed E-state index contributed by atoms with van der Waals surface area (Å²) in [5.74, 6) is -1.22. The van der Waals surface area contributed by atoms with Crippen LogP contribution in [0.2, 0.25) is 0 Å². The summed E-state index contributed by atoms with van der Waals surface area (Å²) in [6, 6.07) is 13.8. The van der Waals surface area contributed by atoms with Crippen molar-refractivity contribution >= 4 is 5.78 Å². The van der Waals surface area contributed by atoms with Crippen LogP contribution in [0.4, 0.5) is 0 Å². The zero-order valence-electron chi connectivity index (χ0n) is 21.8. The minimum Gasteiger partial charge on any atom is -0.462 e. The number of ether oxygens (including phenoxy) is 3. The van der Waals surface area contributed by atoms with Gasteiger partial charge in [-0.1, -0.05) is 37.3 Å². The van der Waals surface area contributed by atoms with E-state index in [2.05, 4.69) is 0 Å². The molecule has 1 unspecified atom stereocenters. The summed E-state index contributed by atoms with van der Waals surface area (Å²) in [6.07, 6.45) is -15.7. The highest BCUT2D eigenvalue weighted by molar-refractivity contribution is 5.97. The van der Waals surface area contributed by atoms with Gasteiger partial charge in [0.25, 0.3) is 0 Å². The fraction of sp³-hybridized carbons (Fsp3) is 0.536. The number of Topliss-reactive ketones (excluding diaryl/α,β-unsaturated/α-hetero) is 1. The predicted molar refractivity (Wildman–Crippen MR) is 138 cm³/mol.